The van der Waals surface area contributed by atoms with Gasteiger partial charge in [0.05, 0.1) is 9.82 Å². The van der Waals surface area contributed by atoms with E-state index in [1.54, 1.807) is 6.92 Å². The van der Waals surface area contributed by atoms with E-state index in [0.29, 0.717) is 10.0 Å². The number of nitrogens with one attached hydrogen (secondary N) is 2. The van der Waals surface area contributed by atoms with E-state index in [1.807, 2.05) is 6.92 Å². The fraction of sp³-hybridized carbons (Fsp3) is 0.538. The van der Waals surface area contributed by atoms with Gasteiger partial charge in [0, 0.05) is 28.2 Å². The second-order valence-corrected chi connectivity index (χ2v) is 7.99. The normalized spacial score (nSPS) is 21.5. The average molecular weight is 429 g/mol. The topological polar surface area (TPSA) is 101 Å². The summed E-state index contributed by atoms with van der Waals surface area (Å²) in [6, 6.07) is 2.29. The molecule has 23 heavy (non-hydrogen) atoms. The third-order valence-electron chi connectivity index (χ3n) is 3.87. The van der Waals surface area contributed by atoms with Crippen LogP contribution in [0.2, 0.25) is 0 Å². The molecular formula is C13H19BrClN3O4S. The molecule has 2 unspecified atom stereocenters. The molecular weight excluding hydrogens is 410 g/mol. The van der Waals surface area contributed by atoms with Crippen LogP contribution >= 0.6 is 28.3 Å². The third kappa shape index (κ3) is 4.63. The Morgan fingerprint density at radius 3 is 2.65 bits per heavy atom. The first kappa shape index (κ1) is 20.3. The third-order valence-corrected chi connectivity index (χ3v) is 6.16. The lowest BCUT2D eigenvalue weighted by Crippen LogP contribution is -2.51. The van der Waals surface area contributed by atoms with Crippen LogP contribution in [0.1, 0.15) is 25.3 Å². The number of nitro benzene ring substituents is 1. The summed E-state index contributed by atoms with van der Waals surface area (Å²) in [4.78, 5) is 10.4. The molecule has 2 rings (SSSR count). The number of nitro groups is 1. The lowest BCUT2D eigenvalue weighted by Gasteiger charge is -2.30. The number of hydrogen-bond donors (Lipinski definition) is 2. The van der Waals surface area contributed by atoms with E-state index < -0.39 is 14.9 Å². The zero-order valence-electron chi connectivity index (χ0n) is 12.7. The Morgan fingerprint density at radius 1 is 1.43 bits per heavy atom. The van der Waals surface area contributed by atoms with Gasteiger partial charge < -0.3 is 5.32 Å². The van der Waals surface area contributed by atoms with Gasteiger partial charge in [-0.1, -0.05) is 15.9 Å². The molecule has 1 heterocycles. The maximum absolute atomic E-state index is 12.5. The predicted molar refractivity (Wildman–Crippen MR) is 93.6 cm³/mol. The van der Waals surface area contributed by atoms with E-state index in [0.717, 1.165) is 25.5 Å². The number of rotatable bonds is 4. The van der Waals surface area contributed by atoms with Gasteiger partial charge in [-0.05, 0) is 39.3 Å². The van der Waals surface area contributed by atoms with Crippen molar-refractivity contribution in [3.05, 3.63) is 32.3 Å². The van der Waals surface area contributed by atoms with Gasteiger partial charge in [0.2, 0.25) is 10.0 Å². The minimum absolute atomic E-state index is 0. The number of sulfonamides is 1. The van der Waals surface area contributed by atoms with Gasteiger partial charge in [0.1, 0.15) is 0 Å². The maximum Gasteiger partial charge on any atom is 0.274 e. The van der Waals surface area contributed by atoms with Crippen molar-refractivity contribution in [2.24, 2.45) is 0 Å². The molecule has 0 amide bonds. The van der Waals surface area contributed by atoms with Gasteiger partial charge in [-0.3, -0.25) is 10.1 Å². The summed E-state index contributed by atoms with van der Waals surface area (Å²) < 4.78 is 28.0. The summed E-state index contributed by atoms with van der Waals surface area (Å²) >= 11 is 3.19. The summed E-state index contributed by atoms with van der Waals surface area (Å²) in [5, 5.41) is 14.3. The van der Waals surface area contributed by atoms with E-state index in [2.05, 4.69) is 26.0 Å². The van der Waals surface area contributed by atoms with Crippen molar-refractivity contribution in [3.8, 4) is 0 Å². The van der Waals surface area contributed by atoms with Gasteiger partial charge in [-0.15, -0.1) is 12.4 Å². The van der Waals surface area contributed by atoms with E-state index in [4.69, 9.17) is 0 Å². The van der Waals surface area contributed by atoms with Crippen molar-refractivity contribution in [2.45, 2.75) is 43.7 Å². The molecule has 0 spiro atoms. The molecule has 1 saturated heterocycles. The smallest absolute Gasteiger partial charge is 0.274 e. The molecule has 1 aromatic carbocycles. The van der Waals surface area contributed by atoms with E-state index in [1.165, 1.54) is 6.07 Å². The first-order chi connectivity index (χ1) is 10.2. The van der Waals surface area contributed by atoms with Gasteiger partial charge in [0.25, 0.3) is 5.69 Å². The number of benzene rings is 1. The lowest BCUT2D eigenvalue weighted by molar-refractivity contribution is -0.385. The number of hydrogen-bond acceptors (Lipinski definition) is 5. The van der Waals surface area contributed by atoms with Crippen LogP contribution in [0.25, 0.3) is 0 Å². The molecule has 1 fully saturated rings. The highest BCUT2D eigenvalue weighted by atomic mass is 79.9. The molecule has 0 radical (unpaired) electrons. The molecule has 1 aromatic rings. The highest BCUT2D eigenvalue weighted by Gasteiger charge is 2.28. The highest BCUT2D eigenvalue weighted by molar-refractivity contribution is 9.10. The SMILES string of the molecule is Cc1c(Br)cc(S(=O)(=O)NC2CCCNC2C)cc1[N+](=O)[O-].Cl. The minimum atomic E-state index is -3.81. The maximum atomic E-state index is 12.5. The second-order valence-electron chi connectivity index (χ2n) is 5.42. The Labute approximate surface area is 150 Å². The summed E-state index contributed by atoms with van der Waals surface area (Å²) in [5.41, 5.74) is 0.182. The van der Waals surface area contributed by atoms with E-state index in [9.17, 15) is 18.5 Å². The monoisotopic (exact) mass is 427 g/mol. The van der Waals surface area contributed by atoms with Crippen molar-refractivity contribution in [2.75, 3.05) is 6.54 Å². The van der Waals surface area contributed by atoms with Gasteiger partial charge in [0.15, 0.2) is 0 Å². The lowest BCUT2D eigenvalue weighted by atomic mass is 10.0. The molecule has 0 bridgehead atoms. The largest absolute Gasteiger partial charge is 0.313 e. The first-order valence-electron chi connectivity index (χ1n) is 6.92. The Hall–Kier alpha value is -0.740. The zero-order chi connectivity index (χ0) is 16.5. The number of piperidine rings is 1. The van der Waals surface area contributed by atoms with Crippen molar-refractivity contribution in [3.63, 3.8) is 0 Å². The Morgan fingerprint density at radius 2 is 2.09 bits per heavy atom. The summed E-state index contributed by atoms with van der Waals surface area (Å²) in [7, 11) is -3.81. The van der Waals surface area contributed by atoms with Crippen LogP contribution in [0, 0.1) is 17.0 Å². The molecule has 2 atom stereocenters. The van der Waals surface area contributed by atoms with Crippen molar-refractivity contribution >= 4 is 44.0 Å². The highest BCUT2D eigenvalue weighted by Crippen LogP contribution is 2.30. The quantitative estimate of drug-likeness (QED) is 0.567. The first-order valence-corrected chi connectivity index (χ1v) is 9.20. The van der Waals surface area contributed by atoms with Crippen molar-refractivity contribution in [1.82, 2.24) is 10.0 Å². The fourth-order valence-electron chi connectivity index (χ4n) is 2.46. The molecule has 10 heteroatoms. The van der Waals surface area contributed by atoms with Crippen LogP contribution in [0.15, 0.2) is 21.5 Å². The van der Waals surface area contributed by atoms with Crippen LogP contribution in [0.4, 0.5) is 5.69 Å². The molecule has 1 aliphatic heterocycles. The molecule has 0 saturated carbocycles. The molecule has 7 nitrogen and oxygen atoms in total. The predicted octanol–water partition coefficient (Wildman–Crippen LogP) is 2.51. The summed E-state index contributed by atoms with van der Waals surface area (Å²) in [5.74, 6) is 0. The fourth-order valence-corrected chi connectivity index (χ4v) is 4.45. The van der Waals surface area contributed by atoms with Crippen molar-refractivity contribution < 1.29 is 13.3 Å². The Bertz CT molecular complexity index is 699. The minimum Gasteiger partial charge on any atom is -0.313 e. The molecule has 0 aliphatic carbocycles. The van der Waals surface area contributed by atoms with E-state index >= 15 is 0 Å². The molecule has 1 aliphatic rings. The van der Waals surface area contributed by atoms with Gasteiger partial charge in [-0.2, -0.15) is 0 Å². The van der Waals surface area contributed by atoms with Crippen LogP contribution < -0.4 is 10.0 Å². The Kier molecular flexibility index (Phi) is 6.96. The van der Waals surface area contributed by atoms with Crippen LogP contribution in [0.5, 0.6) is 0 Å². The zero-order valence-corrected chi connectivity index (χ0v) is 15.9. The summed E-state index contributed by atoms with van der Waals surface area (Å²) in [6.07, 6.45) is 1.62. The Balaban J connectivity index is 0.00000264. The van der Waals surface area contributed by atoms with Gasteiger partial charge in [-0.25, -0.2) is 13.1 Å². The molecule has 130 valence electrons. The summed E-state index contributed by atoms with van der Waals surface area (Å²) in [6.45, 7) is 4.35. The standard InChI is InChI=1S/C13H18BrN3O4S.ClH/c1-8-11(14)6-10(7-13(8)17(18)19)22(20,21)16-12-4-3-5-15-9(12)2;/h6-7,9,12,15-16H,3-5H2,1-2H3;1H. The van der Waals surface area contributed by atoms with Crippen molar-refractivity contribution in [1.29, 1.82) is 0 Å². The van der Waals surface area contributed by atoms with Gasteiger partial charge >= 0.3 is 0 Å². The van der Waals surface area contributed by atoms with E-state index in [-0.39, 0.29) is 35.1 Å². The van der Waals surface area contributed by atoms with Crippen LogP contribution in [0.3, 0.4) is 0 Å². The van der Waals surface area contributed by atoms with Crippen LogP contribution in [-0.4, -0.2) is 32.0 Å². The molecule has 0 aromatic heterocycles. The van der Waals surface area contributed by atoms with Crippen LogP contribution in [-0.2, 0) is 10.0 Å². The number of nitrogens with zero attached hydrogens (tertiary/aromatic N) is 1. The number of halogens is 2. The molecule has 2 N–H and O–H groups in total. The second kappa shape index (κ2) is 7.89. The average Bonchev–Trinajstić information content (AvgIpc) is 2.43.